The van der Waals surface area contributed by atoms with Crippen molar-refractivity contribution in [3.05, 3.63) is 16.1 Å². The van der Waals surface area contributed by atoms with E-state index in [4.69, 9.17) is 0 Å². The van der Waals surface area contributed by atoms with E-state index < -0.39 is 0 Å². The fourth-order valence-electron chi connectivity index (χ4n) is 2.93. The van der Waals surface area contributed by atoms with Crippen LogP contribution in [0.15, 0.2) is 5.38 Å². The number of nitrogens with zero attached hydrogens (tertiary/aromatic N) is 2. The van der Waals surface area contributed by atoms with Crippen molar-refractivity contribution in [2.45, 2.75) is 65.6 Å². The Hall–Kier alpha value is -0.450. The number of hydrogen-bond acceptors (Lipinski definition) is 4. The second-order valence-corrected chi connectivity index (χ2v) is 7.52. The molecule has 2 rings (SSSR count). The van der Waals surface area contributed by atoms with E-state index in [2.05, 4.69) is 55.2 Å². The highest BCUT2D eigenvalue weighted by Gasteiger charge is 2.37. The Morgan fingerprint density at radius 2 is 2.30 bits per heavy atom. The minimum absolute atomic E-state index is 0.251. The lowest BCUT2D eigenvalue weighted by atomic mass is 9.88. The van der Waals surface area contributed by atoms with Crippen molar-refractivity contribution in [3.63, 3.8) is 0 Å². The third-order valence-corrected chi connectivity index (χ3v) is 5.86. The summed E-state index contributed by atoms with van der Waals surface area (Å²) in [6.07, 6.45) is 2.42. The summed E-state index contributed by atoms with van der Waals surface area (Å²) in [6.45, 7) is 14.6. The summed E-state index contributed by atoms with van der Waals surface area (Å²) in [5, 5.41) is 7.16. The van der Waals surface area contributed by atoms with Crippen LogP contribution in [0.4, 0.5) is 0 Å². The molecule has 0 radical (unpaired) electrons. The van der Waals surface area contributed by atoms with Gasteiger partial charge in [0.05, 0.1) is 10.7 Å². The third kappa shape index (κ3) is 3.41. The SMILES string of the molecule is CCC(C)C1CN(Cc2csc(C)n2)C(C)(CC)CN1. The van der Waals surface area contributed by atoms with Crippen molar-refractivity contribution < 1.29 is 0 Å². The molecule has 1 aliphatic rings. The molecule has 1 fully saturated rings. The molecule has 0 saturated carbocycles. The first-order valence-corrected chi connectivity index (χ1v) is 8.76. The first kappa shape index (κ1) is 15.9. The van der Waals surface area contributed by atoms with Crippen LogP contribution >= 0.6 is 11.3 Å². The Balaban J connectivity index is 2.11. The van der Waals surface area contributed by atoms with Gasteiger partial charge in [0.2, 0.25) is 0 Å². The van der Waals surface area contributed by atoms with Crippen LogP contribution in [0.25, 0.3) is 0 Å². The van der Waals surface area contributed by atoms with Crippen LogP contribution in [-0.4, -0.2) is 34.6 Å². The molecule has 1 aromatic heterocycles. The zero-order valence-electron chi connectivity index (χ0n) is 13.6. The van der Waals surface area contributed by atoms with Gasteiger partial charge in [-0.25, -0.2) is 4.98 Å². The van der Waals surface area contributed by atoms with Gasteiger partial charge in [0.25, 0.3) is 0 Å². The lowest BCUT2D eigenvalue weighted by Crippen LogP contribution is -2.63. The Labute approximate surface area is 127 Å². The second-order valence-electron chi connectivity index (χ2n) is 6.46. The van der Waals surface area contributed by atoms with Crippen LogP contribution in [0.5, 0.6) is 0 Å². The van der Waals surface area contributed by atoms with Crippen molar-refractivity contribution in [2.75, 3.05) is 13.1 Å². The first-order chi connectivity index (χ1) is 9.48. The van der Waals surface area contributed by atoms with Gasteiger partial charge in [0.1, 0.15) is 0 Å². The number of thiazole rings is 1. The molecule has 3 unspecified atom stereocenters. The van der Waals surface area contributed by atoms with E-state index in [1.165, 1.54) is 23.5 Å². The minimum atomic E-state index is 0.251. The maximum atomic E-state index is 4.65. The van der Waals surface area contributed by atoms with Crippen LogP contribution < -0.4 is 5.32 Å². The molecule has 0 amide bonds. The summed E-state index contributed by atoms with van der Waals surface area (Å²) in [5.41, 5.74) is 1.48. The van der Waals surface area contributed by atoms with Gasteiger partial charge in [-0.15, -0.1) is 11.3 Å². The molecular formula is C16H29N3S. The number of rotatable bonds is 5. The lowest BCUT2D eigenvalue weighted by molar-refractivity contribution is 0.0285. The minimum Gasteiger partial charge on any atom is -0.311 e. The Morgan fingerprint density at radius 3 is 2.85 bits per heavy atom. The third-order valence-electron chi connectivity index (χ3n) is 5.04. The monoisotopic (exact) mass is 295 g/mol. The van der Waals surface area contributed by atoms with Crippen molar-refractivity contribution in [3.8, 4) is 0 Å². The number of piperazine rings is 1. The van der Waals surface area contributed by atoms with Gasteiger partial charge in [-0.1, -0.05) is 27.2 Å². The molecule has 0 aromatic carbocycles. The average Bonchev–Trinajstić information content (AvgIpc) is 2.86. The van der Waals surface area contributed by atoms with Crippen LogP contribution in [-0.2, 0) is 6.54 Å². The first-order valence-electron chi connectivity index (χ1n) is 7.88. The predicted octanol–water partition coefficient (Wildman–Crippen LogP) is 3.44. The van der Waals surface area contributed by atoms with Gasteiger partial charge in [-0.2, -0.15) is 0 Å². The van der Waals surface area contributed by atoms with Gasteiger partial charge >= 0.3 is 0 Å². The van der Waals surface area contributed by atoms with E-state index >= 15 is 0 Å². The fourth-order valence-corrected chi connectivity index (χ4v) is 3.54. The maximum absolute atomic E-state index is 4.65. The fraction of sp³-hybridized carbons (Fsp3) is 0.812. The van der Waals surface area contributed by atoms with Crippen molar-refractivity contribution >= 4 is 11.3 Å². The molecule has 2 heterocycles. The Bertz CT molecular complexity index is 431. The molecule has 1 N–H and O–H groups in total. The van der Waals surface area contributed by atoms with Gasteiger partial charge in [0.15, 0.2) is 0 Å². The molecule has 3 atom stereocenters. The Kier molecular flexibility index (Phi) is 5.21. The second kappa shape index (κ2) is 6.54. The highest BCUT2D eigenvalue weighted by molar-refractivity contribution is 7.09. The summed E-state index contributed by atoms with van der Waals surface area (Å²) in [4.78, 5) is 7.30. The van der Waals surface area contributed by atoms with Crippen molar-refractivity contribution in [1.29, 1.82) is 0 Å². The van der Waals surface area contributed by atoms with Crippen LogP contribution in [0, 0.1) is 12.8 Å². The topological polar surface area (TPSA) is 28.2 Å². The summed E-state index contributed by atoms with van der Waals surface area (Å²) in [6, 6.07) is 0.611. The molecular weight excluding hydrogens is 266 g/mol. The van der Waals surface area contributed by atoms with E-state index in [0.29, 0.717) is 6.04 Å². The highest BCUT2D eigenvalue weighted by Crippen LogP contribution is 2.27. The van der Waals surface area contributed by atoms with E-state index in [1.807, 2.05) is 0 Å². The molecule has 0 spiro atoms. The summed E-state index contributed by atoms with van der Waals surface area (Å²) < 4.78 is 0. The summed E-state index contributed by atoms with van der Waals surface area (Å²) in [5.74, 6) is 0.732. The summed E-state index contributed by atoms with van der Waals surface area (Å²) >= 11 is 1.76. The largest absolute Gasteiger partial charge is 0.311 e. The predicted molar refractivity (Wildman–Crippen MR) is 87.2 cm³/mol. The smallest absolute Gasteiger partial charge is 0.0897 e. The van der Waals surface area contributed by atoms with Gasteiger partial charge in [-0.05, 0) is 26.2 Å². The number of aryl methyl sites for hydroxylation is 1. The molecule has 4 heteroatoms. The van der Waals surface area contributed by atoms with Gasteiger partial charge in [0, 0.05) is 36.6 Å². The molecule has 20 heavy (non-hydrogen) atoms. The number of aromatic nitrogens is 1. The zero-order chi connectivity index (χ0) is 14.8. The average molecular weight is 295 g/mol. The molecule has 1 aromatic rings. The van der Waals surface area contributed by atoms with Crippen LogP contribution in [0.1, 0.15) is 51.2 Å². The lowest BCUT2D eigenvalue weighted by Gasteiger charge is -2.49. The number of nitrogens with one attached hydrogen (secondary N) is 1. The molecule has 1 aliphatic heterocycles. The standard InChI is InChI=1S/C16H29N3S/c1-6-12(3)15-9-19(16(5,7-2)11-17-15)8-14-10-20-13(4)18-14/h10,12,15,17H,6-9,11H2,1-5H3. The molecule has 114 valence electrons. The van der Waals surface area contributed by atoms with Crippen LogP contribution in [0.2, 0.25) is 0 Å². The molecule has 1 saturated heterocycles. The van der Waals surface area contributed by atoms with E-state index in [0.717, 1.165) is 25.6 Å². The van der Waals surface area contributed by atoms with Gasteiger partial charge in [-0.3, -0.25) is 4.90 Å². The maximum Gasteiger partial charge on any atom is 0.0897 e. The molecule has 3 nitrogen and oxygen atoms in total. The highest BCUT2D eigenvalue weighted by atomic mass is 32.1. The summed E-state index contributed by atoms with van der Waals surface area (Å²) in [7, 11) is 0. The van der Waals surface area contributed by atoms with Crippen molar-refractivity contribution in [2.24, 2.45) is 5.92 Å². The van der Waals surface area contributed by atoms with E-state index in [9.17, 15) is 0 Å². The Morgan fingerprint density at radius 1 is 1.55 bits per heavy atom. The van der Waals surface area contributed by atoms with Crippen LogP contribution in [0.3, 0.4) is 0 Å². The molecule has 0 bridgehead atoms. The molecule has 0 aliphatic carbocycles. The normalized spacial score (nSPS) is 29.6. The zero-order valence-corrected chi connectivity index (χ0v) is 14.4. The van der Waals surface area contributed by atoms with E-state index in [-0.39, 0.29) is 5.54 Å². The van der Waals surface area contributed by atoms with E-state index in [1.54, 1.807) is 11.3 Å². The van der Waals surface area contributed by atoms with Gasteiger partial charge < -0.3 is 5.32 Å². The van der Waals surface area contributed by atoms with Crippen molar-refractivity contribution in [1.82, 2.24) is 15.2 Å². The number of hydrogen-bond donors (Lipinski definition) is 1. The quantitative estimate of drug-likeness (QED) is 0.902.